The minimum absolute atomic E-state index is 0.00750. The summed E-state index contributed by atoms with van der Waals surface area (Å²) in [7, 11) is 0. The fraction of sp³-hybridized carbons (Fsp3) is 0.167. The van der Waals surface area contributed by atoms with Crippen molar-refractivity contribution in [3.63, 3.8) is 0 Å². The van der Waals surface area contributed by atoms with E-state index in [0.29, 0.717) is 5.03 Å². The van der Waals surface area contributed by atoms with Gasteiger partial charge in [0.1, 0.15) is 5.15 Å². The van der Waals surface area contributed by atoms with Gasteiger partial charge in [0.15, 0.2) is 5.03 Å². The highest BCUT2D eigenvalue weighted by Crippen LogP contribution is 2.26. The van der Waals surface area contributed by atoms with Crippen LogP contribution in [-0.4, -0.2) is 16.2 Å². The van der Waals surface area contributed by atoms with Gasteiger partial charge in [0.05, 0.1) is 4.92 Å². The molecular weight excluding hydrogens is 200 g/mol. The van der Waals surface area contributed by atoms with Gasteiger partial charge in [-0.05, 0) is 12.3 Å². The molecule has 0 saturated carbocycles. The third-order valence-electron chi connectivity index (χ3n) is 1.20. The van der Waals surface area contributed by atoms with Crippen molar-refractivity contribution in [2.75, 3.05) is 6.26 Å². The molecule has 1 aromatic heterocycles. The van der Waals surface area contributed by atoms with E-state index >= 15 is 0 Å². The summed E-state index contributed by atoms with van der Waals surface area (Å²) in [5.41, 5.74) is -0.00750. The zero-order valence-corrected chi connectivity index (χ0v) is 7.72. The lowest BCUT2D eigenvalue weighted by Crippen LogP contribution is -1.92. The van der Waals surface area contributed by atoms with Crippen molar-refractivity contribution in [3.05, 3.63) is 27.4 Å². The van der Waals surface area contributed by atoms with Crippen LogP contribution < -0.4 is 0 Å². The first-order valence-corrected chi connectivity index (χ1v) is 4.60. The van der Waals surface area contributed by atoms with Gasteiger partial charge in [-0.25, -0.2) is 4.98 Å². The average molecular weight is 205 g/mol. The third kappa shape index (κ3) is 1.86. The lowest BCUT2D eigenvalue weighted by atomic mass is 10.4. The van der Waals surface area contributed by atoms with Crippen LogP contribution in [0.4, 0.5) is 5.69 Å². The van der Waals surface area contributed by atoms with Crippen LogP contribution in [0.2, 0.25) is 5.15 Å². The molecule has 0 N–H and O–H groups in total. The summed E-state index contributed by atoms with van der Waals surface area (Å²) in [5, 5.41) is 11.0. The van der Waals surface area contributed by atoms with Crippen molar-refractivity contribution in [3.8, 4) is 0 Å². The number of nitro groups is 1. The lowest BCUT2D eigenvalue weighted by molar-refractivity contribution is -0.388. The summed E-state index contributed by atoms with van der Waals surface area (Å²) in [6, 6.07) is 2.75. The van der Waals surface area contributed by atoms with Crippen LogP contribution in [0.15, 0.2) is 17.2 Å². The summed E-state index contributed by atoms with van der Waals surface area (Å²) in [6.45, 7) is 0. The molecule has 0 unspecified atom stereocenters. The highest BCUT2D eigenvalue weighted by atomic mass is 35.5. The van der Waals surface area contributed by atoms with Crippen LogP contribution in [0.5, 0.6) is 0 Å². The van der Waals surface area contributed by atoms with Crippen molar-refractivity contribution in [1.29, 1.82) is 0 Å². The number of hydrogen-bond donors (Lipinski definition) is 0. The molecule has 0 saturated heterocycles. The standard InChI is InChI=1S/C6H5ClN2O2S/c1-12-6-4(9(10)11)2-3-5(7)8-6/h2-3H,1H3. The molecule has 0 spiro atoms. The van der Waals surface area contributed by atoms with E-state index in [1.165, 1.54) is 23.9 Å². The molecule has 0 aliphatic rings. The second-order valence-electron chi connectivity index (χ2n) is 1.92. The maximum absolute atomic E-state index is 10.4. The Balaban J connectivity index is 3.20. The summed E-state index contributed by atoms with van der Waals surface area (Å²) in [6.07, 6.45) is 1.71. The number of aromatic nitrogens is 1. The molecular formula is C6H5ClN2O2S. The number of thioether (sulfide) groups is 1. The number of rotatable bonds is 2. The van der Waals surface area contributed by atoms with Crippen LogP contribution in [0.3, 0.4) is 0 Å². The first-order valence-electron chi connectivity index (χ1n) is 3.00. The Hall–Kier alpha value is -0.810. The predicted octanol–water partition coefficient (Wildman–Crippen LogP) is 2.37. The monoisotopic (exact) mass is 204 g/mol. The lowest BCUT2D eigenvalue weighted by Gasteiger charge is -1.97. The van der Waals surface area contributed by atoms with Crippen LogP contribution in [0, 0.1) is 10.1 Å². The smallest absolute Gasteiger partial charge is 0.258 e. The van der Waals surface area contributed by atoms with E-state index in [4.69, 9.17) is 11.6 Å². The quantitative estimate of drug-likeness (QED) is 0.321. The molecule has 4 nitrogen and oxygen atoms in total. The number of pyridine rings is 1. The molecule has 0 aliphatic carbocycles. The largest absolute Gasteiger partial charge is 0.301 e. The molecule has 0 atom stereocenters. The van der Waals surface area contributed by atoms with Crippen LogP contribution >= 0.6 is 23.4 Å². The molecule has 0 aromatic carbocycles. The molecule has 1 aromatic rings. The first kappa shape index (κ1) is 9.28. The molecule has 0 radical (unpaired) electrons. The van der Waals surface area contributed by atoms with Gasteiger partial charge in [-0.1, -0.05) is 11.6 Å². The highest BCUT2D eigenvalue weighted by molar-refractivity contribution is 7.98. The third-order valence-corrected chi connectivity index (χ3v) is 2.09. The van der Waals surface area contributed by atoms with Gasteiger partial charge in [-0.2, -0.15) is 0 Å². The van der Waals surface area contributed by atoms with Crippen molar-refractivity contribution in [2.24, 2.45) is 0 Å². The van der Waals surface area contributed by atoms with E-state index in [-0.39, 0.29) is 10.8 Å². The second kappa shape index (κ2) is 3.73. The van der Waals surface area contributed by atoms with E-state index in [9.17, 15) is 10.1 Å². The van der Waals surface area contributed by atoms with Gasteiger partial charge < -0.3 is 0 Å². The van der Waals surface area contributed by atoms with Crippen molar-refractivity contribution in [1.82, 2.24) is 4.98 Å². The summed E-state index contributed by atoms with van der Waals surface area (Å²) < 4.78 is 0. The Bertz CT molecular complexity index is 318. The van der Waals surface area contributed by atoms with Crippen molar-refractivity contribution < 1.29 is 4.92 Å². The highest BCUT2D eigenvalue weighted by Gasteiger charge is 2.13. The van der Waals surface area contributed by atoms with Crippen LogP contribution in [0.1, 0.15) is 0 Å². The van der Waals surface area contributed by atoms with Crippen molar-refractivity contribution >= 4 is 29.1 Å². The van der Waals surface area contributed by atoms with Gasteiger partial charge in [-0.3, -0.25) is 10.1 Å². The number of nitrogens with zero attached hydrogens (tertiary/aromatic N) is 2. The molecule has 0 fully saturated rings. The van der Waals surface area contributed by atoms with Crippen molar-refractivity contribution in [2.45, 2.75) is 5.03 Å². The summed E-state index contributed by atoms with van der Waals surface area (Å²) in [4.78, 5) is 13.7. The van der Waals surface area contributed by atoms with Gasteiger partial charge in [0, 0.05) is 6.07 Å². The fourth-order valence-corrected chi connectivity index (χ4v) is 1.44. The van der Waals surface area contributed by atoms with Gasteiger partial charge in [0.25, 0.3) is 0 Å². The summed E-state index contributed by atoms with van der Waals surface area (Å²) >= 11 is 6.75. The van der Waals surface area contributed by atoms with Crippen LogP contribution in [-0.2, 0) is 0 Å². The van der Waals surface area contributed by atoms with E-state index in [1.54, 1.807) is 6.26 Å². The van der Waals surface area contributed by atoms with E-state index in [0.717, 1.165) is 0 Å². The minimum atomic E-state index is -0.477. The SMILES string of the molecule is CSc1nc(Cl)ccc1[N+](=O)[O-]. The molecule has 1 heterocycles. The van der Waals surface area contributed by atoms with E-state index < -0.39 is 4.92 Å². The molecule has 64 valence electrons. The maximum Gasteiger partial charge on any atom is 0.301 e. The Labute approximate surface area is 78.1 Å². The second-order valence-corrected chi connectivity index (χ2v) is 3.10. The van der Waals surface area contributed by atoms with Gasteiger partial charge in [0.2, 0.25) is 0 Å². The maximum atomic E-state index is 10.4. The molecule has 6 heteroatoms. The fourth-order valence-electron chi connectivity index (χ4n) is 0.700. The molecule has 0 bridgehead atoms. The van der Waals surface area contributed by atoms with Crippen LogP contribution in [0.25, 0.3) is 0 Å². The Kier molecular flexibility index (Phi) is 2.88. The zero-order chi connectivity index (χ0) is 9.14. The van der Waals surface area contributed by atoms with Gasteiger partial charge >= 0.3 is 5.69 Å². The molecule has 12 heavy (non-hydrogen) atoms. The molecule has 0 aliphatic heterocycles. The van der Waals surface area contributed by atoms with E-state index in [1.807, 2.05) is 0 Å². The Morgan fingerprint density at radius 2 is 2.33 bits per heavy atom. The van der Waals surface area contributed by atoms with E-state index in [2.05, 4.69) is 4.98 Å². The zero-order valence-electron chi connectivity index (χ0n) is 6.15. The Morgan fingerprint density at radius 3 is 2.83 bits per heavy atom. The predicted molar refractivity (Wildman–Crippen MR) is 47.7 cm³/mol. The minimum Gasteiger partial charge on any atom is -0.258 e. The molecule has 0 amide bonds. The average Bonchev–Trinajstić information content (AvgIpc) is 2.03. The first-order chi connectivity index (χ1) is 5.65. The number of hydrogen-bond acceptors (Lipinski definition) is 4. The normalized spacial score (nSPS) is 9.83. The number of halogens is 1. The summed E-state index contributed by atoms with van der Waals surface area (Å²) in [5.74, 6) is 0. The van der Waals surface area contributed by atoms with Gasteiger partial charge in [-0.15, -0.1) is 11.8 Å². The Morgan fingerprint density at radius 1 is 1.67 bits per heavy atom. The molecule has 1 rings (SSSR count). The topological polar surface area (TPSA) is 56.0 Å².